The van der Waals surface area contributed by atoms with Crippen molar-refractivity contribution in [1.82, 2.24) is 0 Å². The van der Waals surface area contributed by atoms with Gasteiger partial charge in [0.15, 0.2) is 5.79 Å². The van der Waals surface area contributed by atoms with Gasteiger partial charge in [0.2, 0.25) is 0 Å². The third kappa shape index (κ3) is 2.63. The molecule has 0 amide bonds. The molecule has 5 fully saturated rings. The van der Waals surface area contributed by atoms with E-state index in [9.17, 15) is 5.11 Å². The smallest absolute Gasteiger partial charge is 0.169 e. The molecule has 0 aromatic carbocycles. The van der Waals surface area contributed by atoms with E-state index in [1.54, 1.807) is 0 Å². The Bertz CT molecular complexity index is 594. The van der Waals surface area contributed by atoms with Crippen LogP contribution in [0.15, 0.2) is 0 Å². The molecule has 4 saturated carbocycles. The molecule has 0 radical (unpaired) electrons. The minimum atomic E-state index is -0.426. The topological polar surface area (TPSA) is 38.7 Å². The molecule has 5 aliphatic rings. The fraction of sp³-hybridized carbons (Fsp3) is 1.00. The Kier molecular flexibility index (Phi) is 4.16. The molecular formula is C24H40O3. The molecule has 3 heteroatoms. The number of hydrogen-bond acceptors (Lipinski definition) is 3. The average molecular weight is 377 g/mol. The van der Waals surface area contributed by atoms with Crippen LogP contribution in [0.4, 0.5) is 0 Å². The largest absolute Gasteiger partial charge is 0.390 e. The third-order valence-electron chi connectivity index (χ3n) is 10.4. The maximum Gasteiger partial charge on any atom is 0.169 e. The van der Waals surface area contributed by atoms with Crippen LogP contribution in [-0.4, -0.2) is 29.7 Å². The monoisotopic (exact) mass is 376 g/mol. The van der Waals surface area contributed by atoms with Gasteiger partial charge in [0.1, 0.15) is 0 Å². The van der Waals surface area contributed by atoms with E-state index >= 15 is 0 Å². The molecule has 1 heterocycles. The van der Waals surface area contributed by atoms with Gasteiger partial charge in [0.25, 0.3) is 0 Å². The van der Waals surface area contributed by atoms with Crippen molar-refractivity contribution in [2.75, 3.05) is 13.2 Å². The summed E-state index contributed by atoms with van der Waals surface area (Å²) in [6.45, 7) is 11.0. The molecule has 1 N–H and O–H groups in total. The minimum absolute atomic E-state index is 0.346. The van der Waals surface area contributed by atoms with Crippen LogP contribution in [0.25, 0.3) is 0 Å². The van der Waals surface area contributed by atoms with E-state index in [1.807, 2.05) is 0 Å². The second-order valence-electron chi connectivity index (χ2n) is 11.7. The lowest BCUT2D eigenvalue weighted by atomic mass is 9.44. The van der Waals surface area contributed by atoms with Crippen LogP contribution in [-0.2, 0) is 9.47 Å². The molecule has 4 aliphatic carbocycles. The Balaban J connectivity index is 1.41. The van der Waals surface area contributed by atoms with Crippen LogP contribution in [0.1, 0.15) is 85.5 Å². The van der Waals surface area contributed by atoms with E-state index in [0.717, 1.165) is 49.7 Å². The standard InChI is InChI=1S/C24H40O3/c1-21(25)11-12-22(2)16(15-21)5-6-17-18-7-8-20(24(4)26-13-14-27-24)23(18,3)10-9-19(17)22/h16-20,25H,5-15H2,1-4H3/t16?,17?,18?,19?,20?,21-,22+,23+/m1/s1. The predicted octanol–water partition coefficient (Wildman–Crippen LogP) is 5.16. The molecule has 1 saturated heterocycles. The van der Waals surface area contributed by atoms with Gasteiger partial charge in [-0.1, -0.05) is 13.8 Å². The van der Waals surface area contributed by atoms with Gasteiger partial charge in [-0.3, -0.25) is 0 Å². The Morgan fingerprint density at radius 3 is 2.19 bits per heavy atom. The molecule has 5 rings (SSSR count). The highest BCUT2D eigenvalue weighted by Crippen LogP contribution is 2.69. The third-order valence-corrected chi connectivity index (χ3v) is 10.4. The first-order valence-corrected chi connectivity index (χ1v) is 11.7. The quantitative estimate of drug-likeness (QED) is 0.687. The summed E-state index contributed by atoms with van der Waals surface area (Å²) in [4.78, 5) is 0. The van der Waals surface area contributed by atoms with Crippen molar-refractivity contribution >= 4 is 0 Å². The summed E-state index contributed by atoms with van der Waals surface area (Å²) in [5.41, 5.74) is 0.406. The first kappa shape index (κ1) is 18.9. The summed E-state index contributed by atoms with van der Waals surface area (Å²) in [6.07, 6.45) is 11.3. The van der Waals surface area contributed by atoms with Crippen LogP contribution in [0.3, 0.4) is 0 Å². The molecule has 5 unspecified atom stereocenters. The van der Waals surface area contributed by atoms with Gasteiger partial charge in [-0.2, -0.15) is 0 Å². The molecular weight excluding hydrogens is 336 g/mol. The van der Waals surface area contributed by atoms with Gasteiger partial charge < -0.3 is 14.6 Å². The second-order valence-corrected chi connectivity index (χ2v) is 11.7. The molecule has 1 aliphatic heterocycles. The molecule has 8 atom stereocenters. The van der Waals surface area contributed by atoms with E-state index in [1.165, 1.54) is 44.9 Å². The summed E-state index contributed by atoms with van der Waals surface area (Å²) in [5, 5.41) is 10.7. The second kappa shape index (κ2) is 5.95. The van der Waals surface area contributed by atoms with Gasteiger partial charge in [-0.25, -0.2) is 0 Å². The maximum atomic E-state index is 10.7. The number of fused-ring (bicyclic) bond motifs is 5. The molecule has 0 aromatic rings. The maximum absolute atomic E-state index is 10.7. The minimum Gasteiger partial charge on any atom is -0.390 e. The summed E-state index contributed by atoms with van der Waals surface area (Å²) >= 11 is 0. The fourth-order valence-electron chi connectivity index (χ4n) is 9.02. The van der Waals surface area contributed by atoms with E-state index in [-0.39, 0.29) is 5.79 Å². The Morgan fingerprint density at radius 1 is 0.741 bits per heavy atom. The number of ether oxygens (including phenoxy) is 2. The lowest BCUT2D eigenvalue weighted by molar-refractivity contribution is -0.219. The zero-order chi connectivity index (χ0) is 19.1. The summed E-state index contributed by atoms with van der Waals surface area (Å²) in [7, 11) is 0. The number of hydrogen-bond donors (Lipinski definition) is 1. The summed E-state index contributed by atoms with van der Waals surface area (Å²) in [6, 6.07) is 0. The molecule has 0 spiro atoms. The lowest BCUT2D eigenvalue weighted by Gasteiger charge is -2.62. The first-order chi connectivity index (χ1) is 12.7. The fourth-order valence-corrected chi connectivity index (χ4v) is 9.02. The van der Waals surface area contributed by atoms with Crippen LogP contribution in [0, 0.1) is 40.4 Å². The Hall–Kier alpha value is -0.120. The Labute approximate surface area is 165 Å². The predicted molar refractivity (Wildman–Crippen MR) is 106 cm³/mol. The average Bonchev–Trinajstić information content (AvgIpc) is 3.19. The van der Waals surface area contributed by atoms with Crippen molar-refractivity contribution in [3.05, 3.63) is 0 Å². The number of aliphatic hydroxyl groups is 1. The summed E-state index contributed by atoms with van der Waals surface area (Å²) in [5.74, 6) is 3.51. The highest BCUT2D eigenvalue weighted by molar-refractivity contribution is 5.11. The van der Waals surface area contributed by atoms with Crippen LogP contribution in [0.2, 0.25) is 0 Å². The SMILES string of the molecule is CC1(C2CCC3C4CCC5C[C@](C)(O)CC[C@]5(C)C4CC[C@@]32C)OCCO1. The van der Waals surface area contributed by atoms with Gasteiger partial charge >= 0.3 is 0 Å². The van der Waals surface area contributed by atoms with Crippen molar-refractivity contribution in [1.29, 1.82) is 0 Å². The zero-order valence-electron chi connectivity index (χ0n) is 17.9. The van der Waals surface area contributed by atoms with E-state index in [0.29, 0.717) is 16.7 Å². The normalized spacial score (nSPS) is 57.0. The Morgan fingerprint density at radius 2 is 1.44 bits per heavy atom. The molecule has 0 bridgehead atoms. The first-order valence-electron chi connectivity index (χ1n) is 11.7. The molecule has 27 heavy (non-hydrogen) atoms. The van der Waals surface area contributed by atoms with E-state index < -0.39 is 5.60 Å². The van der Waals surface area contributed by atoms with Gasteiger partial charge in [0.05, 0.1) is 18.8 Å². The van der Waals surface area contributed by atoms with Crippen LogP contribution < -0.4 is 0 Å². The van der Waals surface area contributed by atoms with Gasteiger partial charge in [-0.05, 0) is 106 Å². The molecule has 3 nitrogen and oxygen atoms in total. The highest BCUT2D eigenvalue weighted by Gasteiger charge is 2.64. The highest BCUT2D eigenvalue weighted by atomic mass is 16.7. The number of rotatable bonds is 1. The van der Waals surface area contributed by atoms with Gasteiger partial charge in [-0.15, -0.1) is 0 Å². The van der Waals surface area contributed by atoms with Crippen LogP contribution in [0.5, 0.6) is 0 Å². The van der Waals surface area contributed by atoms with Crippen molar-refractivity contribution in [3.8, 4) is 0 Å². The van der Waals surface area contributed by atoms with Crippen molar-refractivity contribution in [2.45, 2.75) is 96.9 Å². The molecule has 0 aromatic heterocycles. The summed E-state index contributed by atoms with van der Waals surface area (Å²) < 4.78 is 12.3. The lowest BCUT2D eigenvalue weighted by Crippen LogP contribution is -2.56. The zero-order valence-corrected chi connectivity index (χ0v) is 17.9. The van der Waals surface area contributed by atoms with Crippen LogP contribution >= 0.6 is 0 Å². The van der Waals surface area contributed by atoms with Crippen molar-refractivity contribution < 1.29 is 14.6 Å². The van der Waals surface area contributed by atoms with E-state index in [2.05, 4.69) is 27.7 Å². The molecule has 154 valence electrons. The van der Waals surface area contributed by atoms with Crippen molar-refractivity contribution in [2.24, 2.45) is 40.4 Å². The van der Waals surface area contributed by atoms with E-state index in [4.69, 9.17) is 9.47 Å². The van der Waals surface area contributed by atoms with Crippen molar-refractivity contribution in [3.63, 3.8) is 0 Å². The van der Waals surface area contributed by atoms with Gasteiger partial charge in [0, 0.05) is 5.92 Å².